The Labute approximate surface area is 166 Å². The molecule has 5 heteroatoms. The van der Waals surface area contributed by atoms with Gasteiger partial charge in [0.15, 0.2) is 0 Å². The van der Waals surface area contributed by atoms with Crippen molar-refractivity contribution in [2.24, 2.45) is 5.10 Å². The molecule has 0 aromatic heterocycles. The van der Waals surface area contributed by atoms with E-state index in [1.165, 1.54) is 11.1 Å². The van der Waals surface area contributed by atoms with E-state index in [1.807, 2.05) is 19.1 Å². The highest BCUT2D eigenvalue weighted by atomic mass is 16.5. The van der Waals surface area contributed by atoms with Crippen LogP contribution >= 0.6 is 0 Å². The van der Waals surface area contributed by atoms with Crippen LogP contribution < -0.4 is 9.47 Å². The monoisotopic (exact) mass is 377 g/mol. The Morgan fingerprint density at radius 2 is 1.86 bits per heavy atom. The topological polar surface area (TPSA) is 37.3 Å². The summed E-state index contributed by atoms with van der Waals surface area (Å²) in [5.74, 6) is 1.93. The molecule has 1 saturated heterocycles. The van der Waals surface area contributed by atoms with Gasteiger partial charge in [0.05, 0.1) is 18.4 Å². The molecule has 2 aromatic rings. The van der Waals surface area contributed by atoms with Crippen molar-refractivity contribution >= 4 is 5.71 Å². The molecule has 3 heterocycles. The van der Waals surface area contributed by atoms with E-state index in [0.717, 1.165) is 49.6 Å². The highest BCUT2D eigenvalue weighted by Gasteiger charge is 2.51. The molecule has 28 heavy (non-hydrogen) atoms. The smallest absolute Gasteiger partial charge is 0.200 e. The third kappa shape index (κ3) is 2.85. The fourth-order valence-electron chi connectivity index (χ4n) is 4.61. The van der Waals surface area contributed by atoms with E-state index >= 15 is 0 Å². The van der Waals surface area contributed by atoms with Gasteiger partial charge >= 0.3 is 0 Å². The highest BCUT2D eigenvalue weighted by Crippen LogP contribution is 2.49. The molecule has 0 saturated carbocycles. The Kier molecular flexibility index (Phi) is 4.27. The van der Waals surface area contributed by atoms with Crippen molar-refractivity contribution in [1.29, 1.82) is 0 Å². The summed E-state index contributed by atoms with van der Waals surface area (Å²) in [5.41, 5.74) is 3.21. The van der Waals surface area contributed by atoms with Crippen LogP contribution in [0.5, 0.6) is 11.5 Å². The highest BCUT2D eigenvalue weighted by molar-refractivity contribution is 6.02. The number of ether oxygens (including phenoxy) is 2. The van der Waals surface area contributed by atoms with Crippen LogP contribution in [0, 0.1) is 0 Å². The molecule has 3 aliphatic rings. The average Bonchev–Trinajstić information content (AvgIpc) is 3.18. The van der Waals surface area contributed by atoms with Crippen molar-refractivity contribution < 1.29 is 9.47 Å². The van der Waals surface area contributed by atoms with Gasteiger partial charge < -0.3 is 14.4 Å². The fourth-order valence-corrected chi connectivity index (χ4v) is 4.61. The van der Waals surface area contributed by atoms with E-state index in [9.17, 15) is 0 Å². The minimum atomic E-state index is -0.335. The molecule has 5 rings (SSSR count). The Morgan fingerprint density at radius 1 is 1.11 bits per heavy atom. The number of hydrazone groups is 1. The number of likely N-dealkylation sites (tertiary alicyclic amines) is 1. The van der Waals surface area contributed by atoms with Crippen LogP contribution in [0.4, 0.5) is 0 Å². The summed E-state index contributed by atoms with van der Waals surface area (Å²) >= 11 is 0. The predicted octanol–water partition coefficient (Wildman–Crippen LogP) is 4.05. The zero-order chi connectivity index (χ0) is 19.1. The van der Waals surface area contributed by atoms with Gasteiger partial charge in [0.25, 0.3) is 0 Å². The molecule has 0 radical (unpaired) electrons. The largest absolute Gasteiger partial charge is 0.494 e. The lowest BCUT2D eigenvalue weighted by atomic mass is 9.91. The van der Waals surface area contributed by atoms with Crippen LogP contribution in [0.1, 0.15) is 43.4 Å². The Hall–Kier alpha value is -2.53. The number of rotatable bonds is 3. The quantitative estimate of drug-likeness (QED) is 0.809. The van der Waals surface area contributed by atoms with E-state index in [0.29, 0.717) is 6.61 Å². The Bertz CT molecular complexity index is 885. The van der Waals surface area contributed by atoms with Crippen molar-refractivity contribution in [1.82, 2.24) is 9.91 Å². The third-order valence-corrected chi connectivity index (χ3v) is 6.17. The first kappa shape index (κ1) is 17.6. The third-order valence-electron chi connectivity index (χ3n) is 6.17. The molecule has 1 atom stereocenters. The molecule has 0 N–H and O–H groups in total. The first-order chi connectivity index (χ1) is 13.7. The van der Waals surface area contributed by atoms with E-state index < -0.39 is 0 Å². The van der Waals surface area contributed by atoms with Crippen LogP contribution in [0.2, 0.25) is 0 Å². The van der Waals surface area contributed by atoms with Crippen LogP contribution in [-0.2, 0) is 0 Å². The first-order valence-corrected chi connectivity index (χ1v) is 10.2. The summed E-state index contributed by atoms with van der Waals surface area (Å²) < 4.78 is 12.2. The first-order valence-electron chi connectivity index (χ1n) is 10.2. The molecule has 1 fully saturated rings. The van der Waals surface area contributed by atoms with Gasteiger partial charge in [0.2, 0.25) is 5.72 Å². The standard InChI is InChI=1S/C23H27N3O2/c1-3-27-18-10-8-17(9-11-18)20-16-21-19-6-4-5-7-22(19)28-23(26(21)24-20)12-14-25(2)15-13-23/h4-11,21H,3,12-16H2,1-2H3/t21-/m1/s1. The summed E-state index contributed by atoms with van der Waals surface area (Å²) in [7, 11) is 2.18. The Balaban J connectivity index is 1.51. The van der Waals surface area contributed by atoms with Gasteiger partial charge in [-0.15, -0.1) is 0 Å². The van der Waals surface area contributed by atoms with Crippen molar-refractivity contribution in [3.05, 3.63) is 59.7 Å². The van der Waals surface area contributed by atoms with Crippen molar-refractivity contribution in [3.63, 3.8) is 0 Å². The maximum Gasteiger partial charge on any atom is 0.200 e. The van der Waals surface area contributed by atoms with Crippen LogP contribution in [0.3, 0.4) is 0 Å². The van der Waals surface area contributed by atoms with Crippen molar-refractivity contribution in [3.8, 4) is 11.5 Å². The normalized spacial score (nSPS) is 23.0. The second-order valence-electron chi connectivity index (χ2n) is 7.96. The second kappa shape index (κ2) is 6.82. The number of fused-ring (bicyclic) bond motifs is 4. The summed E-state index contributed by atoms with van der Waals surface area (Å²) in [6, 6.07) is 17.0. The molecule has 3 aliphatic heterocycles. The number of benzene rings is 2. The van der Waals surface area contributed by atoms with Crippen LogP contribution in [0.25, 0.3) is 0 Å². The SMILES string of the molecule is CCOc1ccc(C2=NN3[C@H](C2)c2ccccc2OC32CCN(C)CC2)cc1. The number of hydrogen-bond acceptors (Lipinski definition) is 5. The second-order valence-corrected chi connectivity index (χ2v) is 7.96. The lowest BCUT2D eigenvalue weighted by Crippen LogP contribution is -2.58. The minimum Gasteiger partial charge on any atom is -0.494 e. The molecular weight excluding hydrogens is 350 g/mol. The van der Waals surface area contributed by atoms with E-state index in [4.69, 9.17) is 14.6 Å². The summed E-state index contributed by atoms with van der Waals surface area (Å²) in [5, 5.41) is 7.39. The van der Waals surface area contributed by atoms with Gasteiger partial charge in [-0.3, -0.25) is 0 Å². The molecular formula is C23H27N3O2. The molecule has 1 spiro atoms. The molecule has 146 valence electrons. The zero-order valence-electron chi connectivity index (χ0n) is 16.6. The molecule has 0 unspecified atom stereocenters. The lowest BCUT2D eigenvalue weighted by molar-refractivity contribution is -0.147. The maximum atomic E-state index is 6.63. The fraction of sp³-hybridized carbons (Fsp3) is 0.435. The molecule has 0 amide bonds. The molecule has 0 aliphatic carbocycles. The van der Waals surface area contributed by atoms with Crippen LogP contribution in [-0.4, -0.2) is 48.1 Å². The minimum absolute atomic E-state index is 0.245. The number of nitrogens with zero attached hydrogens (tertiary/aromatic N) is 3. The van der Waals surface area contributed by atoms with E-state index in [-0.39, 0.29) is 11.8 Å². The van der Waals surface area contributed by atoms with Gasteiger partial charge in [-0.1, -0.05) is 18.2 Å². The average molecular weight is 377 g/mol. The van der Waals surface area contributed by atoms with E-state index in [1.54, 1.807) is 0 Å². The lowest BCUT2D eigenvalue weighted by Gasteiger charge is -2.50. The Morgan fingerprint density at radius 3 is 2.61 bits per heavy atom. The molecule has 2 aromatic carbocycles. The summed E-state index contributed by atoms with van der Waals surface area (Å²) in [6.07, 6.45) is 2.84. The van der Waals surface area contributed by atoms with Crippen molar-refractivity contribution in [2.45, 2.75) is 38.0 Å². The number of para-hydroxylation sites is 1. The van der Waals surface area contributed by atoms with Gasteiger partial charge in [-0.05, 0) is 49.9 Å². The van der Waals surface area contributed by atoms with Gasteiger partial charge in [-0.2, -0.15) is 5.10 Å². The molecule has 0 bridgehead atoms. The zero-order valence-corrected chi connectivity index (χ0v) is 16.6. The van der Waals surface area contributed by atoms with Crippen molar-refractivity contribution in [2.75, 3.05) is 26.7 Å². The van der Waals surface area contributed by atoms with Crippen LogP contribution in [0.15, 0.2) is 53.6 Å². The molecule has 5 nitrogen and oxygen atoms in total. The predicted molar refractivity (Wildman–Crippen MR) is 110 cm³/mol. The summed E-state index contributed by atoms with van der Waals surface area (Å²) in [6.45, 7) is 4.74. The van der Waals surface area contributed by atoms with Gasteiger partial charge in [0.1, 0.15) is 11.5 Å². The number of piperidine rings is 1. The van der Waals surface area contributed by atoms with E-state index in [2.05, 4.69) is 53.4 Å². The van der Waals surface area contributed by atoms with Gasteiger partial charge in [0, 0.05) is 37.9 Å². The summed E-state index contributed by atoms with van der Waals surface area (Å²) in [4.78, 5) is 2.37. The maximum absolute atomic E-state index is 6.63. The number of hydrogen-bond donors (Lipinski definition) is 0. The van der Waals surface area contributed by atoms with Gasteiger partial charge in [-0.25, -0.2) is 5.01 Å².